The lowest BCUT2D eigenvalue weighted by molar-refractivity contribution is -0.305. The van der Waals surface area contributed by atoms with E-state index >= 15 is 0 Å². The van der Waals surface area contributed by atoms with Crippen LogP contribution in [0.5, 0.6) is 0 Å². The zero-order chi connectivity index (χ0) is 36.8. The first kappa shape index (κ1) is 41.2. The van der Waals surface area contributed by atoms with Gasteiger partial charge >= 0.3 is 6.09 Å². The van der Waals surface area contributed by atoms with Crippen molar-refractivity contribution in [3.05, 3.63) is 11.8 Å². The molecule has 2 fully saturated rings. The van der Waals surface area contributed by atoms with Crippen LogP contribution >= 0.6 is 0 Å². The van der Waals surface area contributed by atoms with Crippen molar-refractivity contribution in [2.24, 2.45) is 23.1 Å². The second-order valence-electron chi connectivity index (χ2n) is 14.5. The topological polar surface area (TPSA) is 298 Å². The molecule has 3 rings (SSSR count). The normalized spacial score (nSPS) is 36.6. The van der Waals surface area contributed by atoms with Gasteiger partial charge in [0.2, 0.25) is 5.91 Å². The fourth-order valence-electron chi connectivity index (χ4n) is 6.55. The number of nitrogens with zero attached hydrogens (tertiary/aromatic N) is 1. The Morgan fingerprint density at radius 2 is 1.86 bits per heavy atom. The van der Waals surface area contributed by atoms with E-state index in [0.717, 1.165) is 4.90 Å². The van der Waals surface area contributed by atoms with Crippen LogP contribution in [0.1, 0.15) is 47.0 Å². The molecule has 18 heteroatoms. The van der Waals surface area contributed by atoms with Gasteiger partial charge in [-0.25, -0.2) is 4.79 Å². The molecule has 2 heterocycles. The van der Waals surface area contributed by atoms with E-state index < -0.39 is 103 Å². The maximum absolute atomic E-state index is 13.0. The van der Waals surface area contributed by atoms with Crippen molar-refractivity contribution >= 4 is 12.0 Å². The maximum Gasteiger partial charge on any atom is 0.410 e. The van der Waals surface area contributed by atoms with Crippen molar-refractivity contribution in [3.8, 4) is 0 Å². The summed E-state index contributed by atoms with van der Waals surface area (Å²) < 4.78 is 23.6. The average Bonchev–Trinajstić information content (AvgIpc) is 3.00. The standard InChI is InChI=1S/C31H58N6O12/c1-30(2,3)49-29(44)37(5)26-23(42)28(46-14-31(26,4)45)48-25-19(36-27(43)20(40)8-9-32)10-18(34)21(22(25)41)24-17(33)7-6-16(47-24)12-35-11-15(39)13-38/h6,15,17-26,28,35,38-42,45H,7-14,32-34H2,1-5H3,(H,36,43)/t15?,17-,18+,19-,20+,21?,22+,23-,24+,25+,26-,28-,31+/m1/s1. The van der Waals surface area contributed by atoms with Gasteiger partial charge in [-0.05, 0) is 59.6 Å². The first-order valence-corrected chi connectivity index (χ1v) is 16.7. The molecule has 0 aromatic rings. The molecular formula is C31H58N6O12. The highest BCUT2D eigenvalue weighted by Crippen LogP contribution is 2.37. The zero-order valence-corrected chi connectivity index (χ0v) is 29.0. The van der Waals surface area contributed by atoms with Gasteiger partial charge in [-0.15, -0.1) is 0 Å². The number of hydrogen-bond acceptors (Lipinski definition) is 16. The van der Waals surface area contributed by atoms with E-state index in [-0.39, 0.29) is 39.1 Å². The monoisotopic (exact) mass is 706 g/mol. The lowest BCUT2D eigenvalue weighted by Gasteiger charge is -2.51. The molecule has 0 bridgehead atoms. The Balaban J connectivity index is 1.89. The summed E-state index contributed by atoms with van der Waals surface area (Å²) >= 11 is 0. The van der Waals surface area contributed by atoms with Crippen molar-refractivity contribution < 1.29 is 59.2 Å². The molecule has 3 aliphatic rings. The van der Waals surface area contributed by atoms with Crippen LogP contribution in [0.2, 0.25) is 0 Å². The Hall–Kier alpha value is -2.20. The summed E-state index contributed by atoms with van der Waals surface area (Å²) in [7, 11) is 1.36. The van der Waals surface area contributed by atoms with E-state index in [1.807, 2.05) is 0 Å². The predicted molar refractivity (Wildman–Crippen MR) is 174 cm³/mol. The number of likely N-dealkylation sites (N-methyl/N-ethyl adjacent to an activating group) is 1. The lowest BCUT2D eigenvalue weighted by atomic mass is 9.72. The van der Waals surface area contributed by atoms with Crippen molar-refractivity contribution in [3.63, 3.8) is 0 Å². The minimum Gasteiger partial charge on any atom is -0.492 e. The number of nitrogens with two attached hydrogens (primary N) is 3. The van der Waals surface area contributed by atoms with Gasteiger partial charge in [0.1, 0.15) is 41.4 Å². The van der Waals surface area contributed by atoms with E-state index in [2.05, 4.69) is 10.6 Å². The number of carbonyl (C=O) groups excluding carboxylic acids is 2. The number of amides is 2. The molecule has 49 heavy (non-hydrogen) atoms. The molecule has 18 nitrogen and oxygen atoms in total. The molecule has 2 amide bonds. The Morgan fingerprint density at radius 3 is 2.47 bits per heavy atom. The summed E-state index contributed by atoms with van der Waals surface area (Å²) in [4.78, 5) is 26.9. The number of rotatable bonds is 13. The van der Waals surface area contributed by atoms with Gasteiger partial charge in [-0.3, -0.25) is 4.79 Å². The Morgan fingerprint density at radius 1 is 1.18 bits per heavy atom. The fraction of sp³-hybridized carbons (Fsp3) is 0.871. The first-order chi connectivity index (χ1) is 22.8. The van der Waals surface area contributed by atoms with Crippen LogP contribution in [0.15, 0.2) is 11.8 Å². The van der Waals surface area contributed by atoms with Crippen molar-refractivity contribution in [1.29, 1.82) is 0 Å². The summed E-state index contributed by atoms with van der Waals surface area (Å²) in [5.74, 6) is -1.15. The van der Waals surface area contributed by atoms with E-state index in [4.69, 9.17) is 41.3 Å². The summed E-state index contributed by atoms with van der Waals surface area (Å²) in [5.41, 5.74) is 16.0. The largest absolute Gasteiger partial charge is 0.492 e. The van der Waals surface area contributed by atoms with Crippen LogP contribution in [-0.4, -0.2) is 166 Å². The minimum atomic E-state index is -1.74. The van der Waals surface area contributed by atoms with E-state index in [0.29, 0.717) is 12.2 Å². The number of ether oxygens (including phenoxy) is 4. The van der Waals surface area contributed by atoms with E-state index in [9.17, 15) is 35.1 Å². The molecule has 1 aliphatic carbocycles. The molecular weight excluding hydrogens is 648 g/mol. The number of hydrogen-bond donors (Lipinski definition) is 11. The summed E-state index contributed by atoms with van der Waals surface area (Å²) in [6.07, 6.45) is -7.87. The smallest absolute Gasteiger partial charge is 0.410 e. The molecule has 2 aliphatic heterocycles. The van der Waals surface area contributed by atoms with E-state index in [1.165, 1.54) is 14.0 Å². The molecule has 0 spiro atoms. The third kappa shape index (κ3) is 10.7. The van der Waals surface area contributed by atoms with Crippen LogP contribution in [0, 0.1) is 5.92 Å². The van der Waals surface area contributed by atoms with Gasteiger partial charge in [0, 0.05) is 31.6 Å². The van der Waals surface area contributed by atoms with Crippen LogP contribution in [0.4, 0.5) is 4.79 Å². The molecule has 0 aromatic carbocycles. The van der Waals surface area contributed by atoms with Gasteiger partial charge in [-0.2, -0.15) is 0 Å². The van der Waals surface area contributed by atoms with E-state index in [1.54, 1.807) is 26.8 Å². The summed E-state index contributed by atoms with van der Waals surface area (Å²) in [6, 6.07) is -3.68. The van der Waals surface area contributed by atoms with Gasteiger partial charge in [0.15, 0.2) is 6.29 Å². The summed E-state index contributed by atoms with van der Waals surface area (Å²) in [5, 5.41) is 69.3. The quantitative estimate of drug-likeness (QED) is 0.0868. The molecule has 284 valence electrons. The van der Waals surface area contributed by atoms with Gasteiger partial charge in [-0.1, -0.05) is 0 Å². The lowest BCUT2D eigenvalue weighted by Crippen LogP contribution is -2.70. The van der Waals surface area contributed by atoms with Gasteiger partial charge < -0.3 is 82.3 Å². The van der Waals surface area contributed by atoms with Gasteiger partial charge in [0.05, 0.1) is 44.1 Å². The SMILES string of the molecule is CN(C(=O)OC(C)(C)C)[C@@H]1[C@@H](O)[C@@H](O[C@H]2[C@H](NC(=O)[C@@H](O)CCN)C[C@H](N)C([C@H]3OC(CNCC(O)CO)=CC[C@H]3N)[C@@H]2O)OC[C@]1(C)O. The average molecular weight is 707 g/mol. The molecule has 0 aromatic heterocycles. The molecule has 0 radical (unpaired) electrons. The first-order valence-electron chi connectivity index (χ1n) is 16.7. The third-order valence-corrected chi connectivity index (χ3v) is 8.98. The van der Waals surface area contributed by atoms with Crippen LogP contribution in [-0.2, 0) is 23.7 Å². The number of nitrogens with one attached hydrogen (secondary N) is 2. The number of carbonyl (C=O) groups is 2. The number of aliphatic hydroxyl groups is 6. The fourth-order valence-corrected chi connectivity index (χ4v) is 6.55. The third-order valence-electron chi connectivity index (χ3n) is 8.98. The maximum atomic E-state index is 13.0. The van der Waals surface area contributed by atoms with Crippen LogP contribution in [0.3, 0.4) is 0 Å². The van der Waals surface area contributed by atoms with Crippen molar-refractivity contribution in [2.45, 2.75) is 125 Å². The molecule has 14 N–H and O–H groups in total. The Labute approximate surface area is 286 Å². The predicted octanol–water partition coefficient (Wildman–Crippen LogP) is -4.08. The molecule has 1 saturated carbocycles. The zero-order valence-electron chi connectivity index (χ0n) is 29.0. The molecule has 1 saturated heterocycles. The van der Waals surface area contributed by atoms with Crippen LogP contribution in [0.25, 0.3) is 0 Å². The summed E-state index contributed by atoms with van der Waals surface area (Å²) in [6.45, 7) is 5.95. The minimum absolute atomic E-state index is 0.0250. The number of aliphatic hydroxyl groups excluding tert-OH is 5. The molecule has 2 unspecified atom stereocenters. The second kappa shape index (κ2) is 17.3. The van der Waals surface area contributed by atoms with Crippen molar-refractivity contribution in [1.82, 2.24) is 15.5 Å². The highest BCUT2D eigenvalue weighted by Gasteiger charge is 2.55. The highest BCUT2D eigenvalue weighted by atomic mass is 16.7. The molecule has 13 atom stereocenters. The Kier molecular flexibility index (Phi) is 14.6. The Bertz CT molecular complexity index is 1130. The van der Waals surface area contributed by atoms with Crippen molar-refractivity contribution in [2.75, 3.05) is 39.9 Å². The van der Waals surface area contributed by atoms with Gasteiger partial charge in [0.25, 0.3) is 0 Å². The van der Waals surface area contributed by atoms with Crippen LogP contribution < -0.4 is 27.8 Å². The highest BCUT2D eigenvalue weighted by molar-refractivity contribution is 5.80. The second-order valence-corrected chi connectivity index (χ2v) is 14.5.